The van der Waals surface area contributed by atoms with Gasteiger partial charge in [0, 0.05) is 30.1 Å². The van der Waals surface area contributed by atoms with Crippen LogP contribution in [0.25, 0.3) is 11.3 Å². The summed E-state index contributed by atoms with van der Waals surface area (Å²) < 4.78 is 5.54. The average Bonchev–Trinajstić information content (AvgIpc) is 3.11. The van der Waals surface area contributed by atoms with E-state index in [4.69, 9.17) is 4.42 Å². The predicted molar refractivity (Wildman–Crippen MR) is 87.9 cm³/mol. The summed E-state index contributed by atoms with van der Waals surface area (Å²) in [5, 5.41) is 14.6. The molecule has 0 saturated carbocycles. The Bertz CT molecular complexity index is 936. The van der Waals surface area contributed by atoms with E-state index >= 15 is 0 Å². The van der Waals surface area contributed by atoms with Gasteiger partial charge in [-0.15, -0.1) is 0 Å². The number of nitrogens with zero attached hydrogens (tertiary/aromatic N) is 4. The molecule has 25 heavy (non-hydrogen) atoms. The van der Waals surface area contributed by atoms with Crippen molar-refractivity contribution in [3.05, 3.63) is 76.6 Å². The van der Waals surface area contributed by atoms with Gasteiger partial charge in [-0.1, -0.05) is 12.1 Å². The Hall–Kier alpha value is -3.88. The van der Waals surface area contributed by atoms with E-state index in [1.807, 2.05) is 0 Å². The minimum atomic E-state index is -0.505. The van der Waals surface area contributed by atoms with Gasteiger partial charge < -0.3 is 4.42 Å². The van der Waals surface area contributed by atoms with E-state index in [0.717, 1.165) is 0 Å². The highest BCUT2D eigenvalue weighted by molar-refractivity contribution is 5.92. The largest absolute Gasteiger partial charge is 0.455 e. The molecule has 124 valence electrons. The molecule has 1 N–H and O–H groups in total. The number of hydrazone groups is 1. The highest BCUT2D eigenvalue weighted by Crippen LogP contribution is 2.25. The number of hydrogen-bond donors (Lipinski definition) is 1. The molecule has 0 bridgehead atoms. The van der Waals surface area contributed by atoms with Crippen molar-refractivity contribution in [2.75, 3.05) is 0 Å². The van der Waals surface area contributed by atoms with Crippen molar-refractivity contribution in [3.63, 3.8) is 0 Å². The Morgan fingerprint density at radius 2 is 2.16 bits per heavy atom. The molecule has 3 rings (SSSR count). The fourth-order valence-corrected chi connectivity index (χ4v) is 1.98. The first kappa shape index (κ1) is 16.0. The number of amides is 1. The van der Waals surface area contributed by atoms with E-state index < -0.39 is 10.8 Å². The normalized spacial score (nSPS) is 10.7. The number of hydrogen-bond acceptors (Lipinski definition) is 7. The lowest BCUT2D eigenvalue weighted by atomic mass is 10.1. The van der Waals surface area contributed by atoms with Gasteiger partial charge in [0.15, 0.2) is 0 Å². The Balaban J connectivity index is 1.68. The van der Waals surface area contributed by atoms with Crippen LogP contribution in [0.1, 0.15) is 16.2 Å². The monoisotopic (exact) mass is 337 g/mol. The van der Waals surface area contributed by atoms with E-state index in [9.17, 15) is 14.9 Å². The summed E-state index contributed by atoms with van der Waals surface area (Å²) in [5.41, 5.74) is 2.97. The van der Waals surface area contributed by atoms with Crippen LogP contribution in [0.3, 0.4) is 0 Å². The van der Waals surface area contributed by atoms with Gasteiger partial charge in [-0.3, -0.25) is 19.9 Å². The lowest BCUT2D eigenvalue weighted by Crippen LogP contribution is -2.18. The van der Waals surface area contributed by atoms with Crippen LogP contribution in [0.5, 0.6) is 0 Å². The Morgan fingerprint density at radius 1 is 1.28 bits per heavy atom. The van der Waals surface area contributed by atoms with Gasteiger partial charge in [0.2, 0.25) is 0 Å². The Kier molecular flexibility index (Phi) is 4.56. The number of aromatic nitrogens is 2. The number of carbonyl (C=O) groups is 1. The molecular weight excluding hydrogens is 326 g/mol. The molecule has 2 heterocycles. The molecule has 0 radical (unpaired) electrons. The molecule has 0 aliphatic carbocycles. The van der Waals surface area contributed by atoms with Gasteiger partial charge in [-0.25, -0.2) is 10.4 Å². The first-order valence-corrected chi connectivity index (χ1v) is 7.07. The quantitative estimate of drug-likeness (QED) is 0.433. The summed E-state index contributed by atoms with van der Waals surface area (Å²) in [6.07, 6.45) is 5.49. The number of furan rings is 1. The number of non-ortho nitro benzene ring substituents is 1. The molecule has 0 aliphatic heterocycles. The molecule has 2 aromatic heterocycles. The number of rotatable bonds is 5. The summed E-state index contributed by atoms with van der Waals surface area (Å²) in [7, 11) is 0. The third kappa shape index (κ3) is 3.91. The van der Waals surface area contributed by atoms with Crippen LogP contribution in [0.15, 0.2) is 64.5 Å². The van der Waals surface area contributed by atoms with Gasteiger partial charge >= 0.3 is 0 Å². The number of benzene rings is 1. The summed E-state index contributed by atoms with van der Waals surface area (Å²) in [6, 6.07) is 9.37. The second kappa shape index (κ2) is 7.13. The van der Waals surface area contributed by atoms with E-state index in [1.54, 1.807) is 24.3 Å². The topological polar surface area (TPSA) is 124 Å². The first-order valence-electron chi connectivity index (χ1n) is 7.07. The Labute approximate surface area is 141 Å². The fourth-order valence-electron chi connectivity index (χ4n) is 1.98. The van der Waals surface area contributed by atoms with Gasteiger partial charge in [0.25, 0.3) is 11.6 Å². The lowest BCUT2D eigenvalue weighted by Gasteiger charge is -1.97. The van der Waals surface area contributed by atoms with Crippen molar-refractivity contribution in [2.45, 2.75) is 0 Å². The first-order chi connectivity index (χ1) is 12.1. The SMILES string of the molecule is O=C(N/N=C\c1ccc(-c2cccc([N+](=O)[O-])c2)o1)c1cnccn1. The highest BCUT2D eigenvalue weighted by Gasteiger charge is 2.10. The maximum absolute atomic E-state index is 11.7. The molecule has 9 nitrogen and oxygen atoms in total. The van der Waals surface area contributed by atoms with E-state index in [2.05, 4.69) is 20.5 Å². The number of nitro groups is 1. The third-order valence-electron chi connectivity index (χ3n) is 3.12. The molecule has 0 spiro atoms. The van der Waals surface area contributed by atoms with E-state index in [-0.39, 0.29) is 11.4 Å². The van der Waals surface area contributed by atoms with Crippen molar-refractivity contribution >= 4 is 17.8 Å². The highest BCUT2D eigenvalue weighted by atomic mass is 16.6. The average molecular weight is 337 g/mol. The number of nitro benzene ring substituents is 1. The van der Waals surface area contributed by atoms with Crippen LogP contribution < -0.4 is 5.43 Å². The molecule has 1 amide bonds. The van der Waals surface area contributed by atoms with Gasteiger partial charge in [0.1, 0.15) is 17.2 Å². The van der Waals surface area contributed by atoms with Crippen LogP contribution in [0, 0.1) is 10.1 Å². The summed E-state index contributed by atoms with van der Waals surface area (Å²) in [5.74, 6) is 0.321. The zero-order valence-electron chi connectivity index (χ0n) is 12.7. The Morgan fingerprint density at radius 3 is 2.92 bits per heavy atom. The van der Waals surface area contributed by atoms with Gasteiger partial charge in [0.05, 0.1) is 17.3 Å². The van der Waals surface area contributed by atoms with Crippen molar-refractivity contribution in [3.8, 4) is 11.3 Å². The lowest BCUT2D eigenvalue weighted by molar-refractivity contribution is -0.384. The zero-order valence-corrected chi connectivity index (χ0v) is 12.7. The van der Waals surface area contributed by atoms with Crippen molar-refractivity contribution in [2.24, 2.45) is 5.10 Å². The van der Waals surface area contributed by atoms with Gasteiger partial charge in [-0.05, 0) is 12.1 Å². The van der Waals surface area contributed by atoms with Crippen molar-refractivity contribution in [1.82, 2.24) is 15.4 Å². The van der Waals surface area contributed by atoms with E-state index in [0.29, 0.717) is 17.1 Å². The maximum Gasteiger partial charge on any atom is 0.291 e. The molecule has 0 fully saturated rings. The third-order valence-corrected chi connectivity index (χ3v) is 3.12. The number of carbonyl (C=O) groups excluding carboxylic acids is 1. The van der Waals surface area contributed by atoms with Crippen LogP contribution >= 0.6 is 0 Å². The predicted octanol–water partition coefficient (Wildman–Crippen LogP) is 2.41. The van der Waals surface area contributed by atoms with Crippen molar-refractivity contribution < 1.29 is 14.1 Å². The summed E-state index contributed by atoms with van der Waals surface area (Å²) in [4.78, 5) is 29.7. The molecule has 0 saturated heterocycles. The van der Waals surface area contributed by atoms with E-state index in [1.165, 1.54) is 36.9 Å². The standard InChI is InChI=1S/C16H11N5O4/c22-16(14-10-17-6-7-18-14)20-19-9-13-4-5-15(25-13)11-2-1-3-12(8-11)21(23)24/h1-10H,(H,20,22)/b19-9-. The zero-order chi connectivity index (χ0) is 17.6. The number of nitrogens with one attached hydrogen (secondary N) is 1. The maximum atomic E-state index is 11.7. The minimum Gasteiger partial charge on any atom is -0.455 e. The molecule has 0 unspecified atom stereocenters. The second-order valence-corrected chi connectivity index (χ2v) is 4.80. The molecule has 0 aliphatic rings. The van der Waals surface area contributed by atoms with Crippen LogP contribution in [-0.2, 0) is 0 Å². The van der Waals surface area contributed by atoms with Crippen LogP contribution in [0.2, 0.25) is 0 Å². The molecule has 9 heteroatoms. The summed E-state index contributed by atoms with van der Waals surface area (Å²) in [6.45, 7) is 0. The molecular formula is C16H11N5O4. The van der Waals surface area contributed by atoms with Gasteiger partial charge in [-0.2, -0.15) is 5.10 Å². The molecule has 1 aromatic carbocycles. The summed E-state index contributed by atoms with van der Waals surface area (Å²) >= 11 is 0. The fraction of sp³-hybridized carbons (Fsp3) is 0. The van der Waals surface area contributed by atoms with Crippen LogP contribution in [-0.4, -0.2) is 27.0 Å². The molecule has 0 atom stereocenters. The van der Waals surface area contributed by atoms with Crippen molar-refractivity contribution in [1.29, 1.82) is 0 Å². The van der Waals surface area contributed by atoms with Crippen LogP contribution in [0.4, 0.5) is 5.69 Å². The smallest absolute Gasteiger partial charge is 0.291 e. The second-order valence-electron chi connectivity index (χ2n) is 4.80. The minimum absolute atomic E-state index is 0.0275. The molecule has 3 aromatic rings.